The lowest BCUT2D eigenvalue weighted by Gasteiger charge is -2.11. The Balaban J connectivity index is 1.80. The summed E-state index contributed by atoms with van der Waals surface area (Å²) in [5.41, 5.74) is 7.29. The predicted molar refractivity (Wildman–Crippen MR) is 102 cm³/mol. The number of rotatable bonds is 3. The molecule has 1 amide bonds. The van der Waals surface area contributed by atoms with Crippen molar-refractivity contribution in [1.29, 1.82) is 0 Å². The summed E-state index contributed by atoms with van der Waals surface area (Å²) in [6.07, 6.45) is 2.02. The van der Waals surface area contributed by atoms with E-state index in [1.165, 1.54) is 16.8 Å². The summed E-state index contributed by atoms with van der Waals surface area (Å²) in [6.45, 7) is 5.00. The predicted octanol–water partition coefficient (Wildman–Crippen LogP) is 4.65. The molecule has 3 aromatic rings. The minimum absolute atomic E-state index is 0.0364. The average Bonchev–Trinajstić information content (AvgIpc) is 3.07. The Morgan fingerprint density at radius 3 is 2.52 bits per heavy atom. The van der Waals surface area contributed by atoms with Gasteiger partial charge in [0.05, 0.1) is 5.57 Å². The minimum Gasteiger partial charge on any atom is -0.341 e. The molecule has 124 valence electrons. The summed E-state index contributed by atoms with van der Waals surface area (Å²) in [7, 11) is 0. The van der Waals surface area contributed by atoms with Crippen LogP contribution in [0.4, 0.5) is 5.69 Å². The van der Waals surface area contributed by atoms with Crippen molar-refractivity contribution in [2.45, 2.75) is 20.4 Å². The number of para-hydroxylation sites is 1. The molecule has 3 heteroatoms. The Hall–Kier alpha value is -3.07. The third-order valence-corrected chi connectivity index (χ3v) is 4.72. The second kappa shape index (κ2) is 6.10. The van der Waals surface area contributed by atoms with Gasteiger partial charge in [0.25, 0.3) is 5.91 Å². The van der Waals surface area contributed by atoms with E-state index in [1.54, 1.807) is 0 Å². The number of aromatic nitrogens is 1. The van der Waals surface area contributed by atoms with Gasteiger partial charge in [0.1, 0.15) is 0 Å². The number of aryl methyl sites for hydroxylation is 2. The van der Waals surface area contributed by atoms with E-state index in [9.17, 15) is 4.79 Å². The molecule has 0 spiro atoms. The summed E-state index contributed by atoms with van der Waals surface area (Å²) in [5, 5.41) is 2.95. The number of hydrogen-bond donors (Lipinski definition) is 1. The summed E-state index contributed by atoms with van der Waals surface area (Å²) in [4.78, 5) is 12.4. The fraction of sp³-hybridized carbons (Fsp3) is 0.136. The van der Waals surface area contributed by atoms with Gasteiger partial charge in [-0.3, -0.25) is 4.79 Å². The standard InChI is InChI=1S/C22H20N2O/c1-15-12-16(2)24(14-17-8-4-3-5-9-17)21(15)13-19-18-10-6-7-11-20(18)23-22(19)25/h3-13H,14H2,1-2H3,(H,23,25)/b19-13-. The normalized spacial score (nSPS) is 14.6. The van der Waals surface area contributed by atoms with Crippen LogP contribution in [0, 0.1) is 13.8 Å². The van der Waals surface area contributed by atoms with Crippen molar-refractivity contribution in [3.8, 4) is 0 Å². The smallest absolute Gasteiger partial charge is 0.256 e. The lowest BCUT2D eigenvalue weighted by atomic mass is 10.1. The van der Waals surface area contributed by atoms with Crippen molar-refractivity contribution in [2.24, 2.45) is 0 Å². The molecule has 0 bridgehead atoms. The third kappa shape index (κ3) is 2.78. The van der Waals surface area contributed by atoms with Gasteiger partial charge in [-0.1, -0.05) is 48.5 Å². The topological polar surface area (TPSA) is 34.0 Å². The van der Waals surface area contributed by atoms with Crippen molar-refractivity contribution in [3.63, 3.8) is 0 Å². The van der Waals surface area contributed by atoms with Crippen LogP contribution in [0.5, 0.6) is 0 Å². The Morgan fingerprint density at radius 1 is 1.00 bits per heavy atom. The fourth-order valence-corrected chi connectivity index (χ4v) is 3.45. The first kappa shape index (κ1) is 15.5. The number of carbonyl (C=O) groups excluding carboxylic acids is 1. The number of anilines is 1. The number of fused-ring (bicyclic) bond motifs is 1. The molecular weight excluding hydrogens is 308 g/mol. The number of hydrogen-bond acceptors (Lipinski definition) is 1. The summed E-state index contributed by atoms with van der Waals surface area (Å²) >= 11 is 0. The lowest BCUT2D eigenvalue weighted by molar-refractivity contribution is -0.110. The van der Waals surface area contributed by atoms with Gasteiger partial charge in [0.2, 0.25) is 0 Å². The van der Waals surface area contributed by atoms with Crippen molar-refractivity contribution in [3.05, 3.63) is 88.7 Å². The largest absolute Gasteiger partial charge is 0.341 e. The highest BCUT2D eigenvalue weighted by atomic mass is 16.2. The molecule has 0 unspecified atom stereocenters. The molecule has 0 saturated heterocycles. The van der Waals surface area contributed by atoms with Crippen LogP contribution >= 0.6 is 0 Å². The van der Waals surface area contributed by atoms with E-state index in [4.69, 9.17) is 0 Å². The SMILES string of the molecule is Cc1cc(C)n(Cc2ccccc2)c1/C=C1\C(=O)Nc2ccccc21. The molecular formula is C22H20N2O. The summed E-state index contributed by atoms with van der Waals surface area (Å²) in [6, 6.07) is 20.4. The van der Waals surface area contributed by atoms with Gasteiger partial charge in [-0.05, 0) is 43.2 Å². The van der Waals surface area contributed by atoms with E-state index in [-0.39, 0.29) is 5.91 Å². The molecule has 1 N–H and O–H groups in total. The fourth-order valence-electron chi connectivity index (χ4n) is 3.45. The molecule has 2 heterocycles. The van der Waals surface area contributed by atoms with E-state index in [0.29, 0.717) is 0 Å². The Kier molecular flexibility index (Phi) is 3.77. The number of nitrogens with one attached hydrogen (secondary N) is 1. The molecule has 1 aliphatic heterocycles. The van der Waals surface area contributed by atoms with Crippen LogP contribution in [0.15, 0.2) is 60.7 Å². The maximum absolute atomic E-state index is 12.4. The van der Waals surface area contributed by atoms with Crippen LogP contribution in [0.1, 0.15) is 28.1 Å². The van der Waals surface area contributed by atoms with Gasteiger partial charge >= 0.3 is 0 Å². The maximum atomic E-state index is 12.4. The molecule has 2 aromatic carbocycles. The monoisotopic (exact) mass is 328 g/mol. The quantitative estimate of drug-likeness (QED) is 0.698. The first-order valence-electron chi connectivity index (χ1n) is 8.46. The minimum atomic E-state index is -0.0364. The highest BCUT2D eigenvalue weighted by molar-refractivity contribution is 6.34. The van der Waals surface area contributed by atoms with Crippen molar-refractivity contribution in [1.82, 2.24) is 4.57 Å². The van der Waals surface area contributed by atoms with Gasteiger partial charge in [-0.25, -0.2) is 0 Å². The van der Waals surface area contributed by atoms with E-state index in [2.05, 4.69) is 54.1 Å². The summed E-state index contributed by atoms with van der Waals surface area (Å²) in [5.74, 6) is -0.0364. The third-order valence-electron chi connectivity index (χ3n) is 4.72. The Bertz CT molecular complexity index is 981. The maximum Gasteiger partial charge on any atom is 0.256 e. The highest BCUT2D eigenvalue weighted by Crippen LogP contribution is 2.33. The zero-order chi connectivity index (χ0) is 17.4. The molecule has 4 rings (SSSR count). The Morgan fingerprint density at radius 2 is 1.72 bits per heavy atom. The van der Waals surface area contributed by atoms with Crippen LogP contribution in [0.3, 0.4) is 0 Å². The summed E-state index contributed by atoms with van der Waals surface area (Å²) < 4.78 is 2.27. The first-order chi connectivity index (χ1) is 12.1. The van der Waals surface area contributed by atoms with Crippen LogP contribution in [0.25, 0.3) is 11.6 Å². The number of carbonyl (C=O) groups is 1. The second-order valence-electron chi connectivity index (χ2n) is 6.48. The molecule has 3 nitrogen and oxygen atoms in total. The van der Waals surface area contributed by atoms with Crippen LogP contribution < -0.4 is 5.32 Å². The van der Waals surface area contributed by atoms with Gasteiger partial charge in [-0.15, -0.1) is 0 Å². The molecule has 0 atom stereocenters. The van der Waals surface area contributed by atoms with Crippen molar-refractivity contribution >= 4 is 23.2 Å². The van der Waals surface area contributed by atoms with E-state index in [1.807, 2.05) is 36.4 Å². The lowest BCUT2D eigenvalue weighted by Crippen LogP contribution is -2.07. The van der Waals surface area contributed by atoms with Crippen LogP contribution in [-0.4, -0.2) is 10.5 Å². The first-order valence-corrected chi connectivity index (χ1v) is 8.46. The molecule has 0 aliphatic carbocycles. The van der Waals surface area contributed by atoms with Gasteiger partial charge < -0.3 is 9.88 Å². The van der Waals surface area contributed by atoms with Gasteiger partial charge in [-0.2, -0.15) is 0 Å². The number of nitrogens with zero attached hydrogens (tertiary/aromatic N) is 1. The number of amides is 1. The average molecular weight is 328 g/mol. The van der Waals surface area contributed by atoms with E-state index in [0.717, 1.165) is 29.1 Å². The molecule has 0 saturated carbocycles. The molecule has 1 aliphatic rings. The van der Waals surface area contributed by atoms with Crippen LogP contribution in [0.2, 0.25) is 0 Å². The zero-order valence-corrected chi connectivity index (χ0v) is 14.4. The Labute approximate surface area is 147 Å². The number of benzene rings is 2. The molecule has 0 radical (unpaired) electrons. The van der Waals surface area contributed by atoms with Gasteiger partial charge in [0, 0.05) is 29.2 Å². The van der Waals surface area contributed by atoms with E-state index >= 15 is 0 Å². The molecule has 1 aromatic heterocycles. The van der Waals surface area contributed by atoms with Gasteiger partial charge in [0.15, 0.2) is 0 Å². The highest BCUT2D eigenvalue weighted by Gasteiger charge is 2.24. The zero-order valence-electron chi connectivity index (χ0n) is 14.4. The van der Waals surface area contributed by atoms with Crippen molar-refractivity contribution in [2.75, 3.05) is 5.32 Å². The molecule has 0 fully saturated rings. The van der Waals surface area contributed by atoms with E-state index < -0.39 is 0 Å². The van der Waals surface area contributed by atoms with Crippen LogP contribution in [-0.2, 0) is 11.3 Å². The molecule has 25 heavy (non-hydrogen) atoms. The second-order valence-corrected chi connectivity index (χ2v) is 6.48. The van der Waals surface area contributed by atoms with Crippen molar-refractivity contribution < 1.29 is 4.79 Å².